The van der Waals surface area contributed by atoms with E-state index in [4.69, 9.17) is 0 Å². The maximum atomic E-state index is 13.0. The van der Waals surface area contributed by atoms with Crippen LogP contribution in [0.5, 0.6) is 0 Å². The minimum atomic E-state index is -0.554. The van der Waals surface area contributed by atoms with Gasteiger partial charge in [-0.25, -0.2) is 0 Å². The third-order valence-electron chi connectivity index (χ3n) is 7.51. The Morgan fingerprint density at radius 1 is 1.33 bits per heavy atom. The zero-order chi connectivity index (χ0) is 19.3. The van der Waals surface area contributed by atoms with E-state index < -0.39 is 11.0 Å². The normalized spacial score (nSPS) is 33.7. The van der Waals surface area contributed by atoms with Crippen molar-refractivity contribution in [2.45, 2.75) is 77.8 Å². The fourth-order valence-corrected chi connectivity index (χ4v) is 6.68. The molecule has 148 valence electrons. The highest BCUT2D eigenvalue weighted by molar-refractivity contribution is 5.80. The molecule has 0 radical (unpaired) electrons. The summed E-state index contributed by atoms with van der Waals surface area (Å²) in [6.45, 7) is 5.58. The molecule has 27 heavy (non-hydrogen) atoms. The van der Waals surface area contributed by atoms with E-state index in [1.807, 2.05) is 0 Å². The van der Waals surface area contributed by atoms with Gasteiger partial charge in [0.2, 0.25) is 5.91 Å². The quantitative estimate of drug-likeness (QED) is 0.606. The molecule has 7 heteroatoms. The number of nitrogens with one attached hydrogen (secondary N) is 1. The first-order valence-electron chi connectivity index (χ1n) is 10.3. The molecule has 0 aliphatic heterocycles. The lowest BCUT2D eigenvalue weighted by atomic mass is 9.47. The predicted molar refractivity (Wildman–Crippen MR) is 101 cm³/mol. The lowest BCUT2D eigenvalue weighted by Gasteiger charge is -2.59. The Balaban J connectivity index is 1.50. The number of hydrogen-bond donors (Lipinski definition) is 1. The molecule has 4 bridgehead atoms. The van der Waals surface area contributed by atoms with Crippen LogP contribution in [0.25, 0.3) is 0 Å². The maximum absolute atomic E-state index is 13.0. The number of nitro groups is 1. The Labute approximate surface area is 160 Å². The summed E-state index contributed by atoms with van der Waals surface area (Å²) in [6, 6.07) is -0.367. The van der Waals surface area contributed by atoms with Crippen LogP contribution in [-0.4, -0.2) is 26.7 Å². The minimum Gasteiger partial charge on any atom is -0.351 e. The second-order valence-electron chi connectivity index (χ2n) is 9.24. The highest BCUT2D eigenvalue weighted by atomic mass is 16.6. The van der Waals surface area contributed by atoms with Gasteiger partial charge in [-0.2, -0.15) is 5.10 Å². The Kier molecular flexibility index (Phi) is 4.51. The summed E-state index contributed by atoms with van der Waals surface area (Å²) in [5, 5.41) is 18.5. The van der Waals surface area contributed by atoms with E-state index in [2.05, 4.69) is 17.3 Å². The van der Waals surface area contributed by atoms with Crippen molar-refractivity contribution in [3.8, 4) is 0 Å². The van der Waals surface area contributed by atoms with Crippen molar-refractivity contribution < 1.29 is 9.72 Å². The lowest BCUT2D eigenvalue weighted by Crippen LogP contribution is -2.57. The van der Waals surface area contributed by atoms with Gasteiger partial charge in [-0.15, -0.1) is 0 Å². The molecule has 1 amide bonds. The number of nitrogens with zero attached hydrogens (tertiary/aromatic N) is 3. The fraction of sp³-hybridized carbons (Fsp3) is 0.800. The average molecular weight is 374 g/mol. The Hall–Kier alpha value is -1.92. The first-order valence-corrected chi connectivity index (χ1v) is 10.3. The van der Waals surface area contributed by atoms with Crippen LogP contribution in [-0.2, 0) is 4.79 Å². The smallest absolute Gasteiger partial charge is 0.309 e. The first kappa shape index (κ1) is 18.4. The molecular weight excluding hydrogens is 344 g/mol. The minimum absolute atomic E-state index is 0.0391. The second-order valence-corrected chi connectivity index (χ2v) is 9.24. The van der Waals surface area contributed by atoms with Gasteiger partial charge in [0, 0.05) is 6.04 Å². The largest absolute Gasteiger partial charge is 0.351 e. The second kappa shape index (κ2) is 6.60. The number of carbonyl (C=O) groups excluding carboxylic acids is 1. The molecule has 2 atom stereocenters. The van der Waals surface area contributed by atoms with Crippen LogP contribution in [0, 0.1) is 40.2 Å². The van der Waals surface area contributed by atoms with Crippen molar-refractivity contribution >= 4 is 11.6 Å². The molecule has 4 aliphatic carbocycles. The molecule has 5 rings (SSSR count). The van der Waals surface area contributed by atoms with Gasteiger partial charge in [0.15, 0.2) is 0 Å². The van der Waals surface area contributed by atoms with Crippen LogP contribution < -0.4 is 5.32 Å². The Morgan fingerprint density at radius 3 is 2.33 bits per heavy atom. The Bertz CT molecular complexity index is 721. The van der Waals surface area contributed by atoms with Gasteiger partial charge in [-0.1, -0.05) is 6.92 Å². The Morgan fingerprint density at radius 2 is 1.89 bits per heavy atom. The van der Waals surface area contributed by atoms with Gasteiger partial charge in [-0.3, -0.25) is 19.6 Å². The monoisotopic (exact) mass is 374 g/mol. The summed E-state index contributed by atoms with van der Waals surface area (Å²) in [7, 11) is 0. The third-order valence-corrected chi connectivity index (χ3v) is 7.51. The standard InChI is InChI=1S/C20H30N4O3/c1-4-18(20-8-14-5-15(9-20)7-16(6-14)10-20)22-19(25)13(3)23-12(2)17(11-21-23)24(26)27/h11,13-16,18H,4-10H2,1-3H3,(H,22,25). The van der Waals surface area contributed by atoms with Crippen molar-refractivity contribution in [3.63, 3.8) is 0 Å². The van der Waals surface area contributed by atoms with Crippen LogP contribution in [0.15, 0.2) is 6.20 Å². The average Bonchev–Trinajstić information content (AvgIpc) is 2.99. The molecule has 0 spiro atoms. The summed E-state index contributed by atoms with van der Waals surface area (Å²) < 4.78 is 1.47. The van der Waals surface area contributed by atoms with Gasteiger partial charge >= 0.3 is 5.69 Å². The molecule has 1 aromatic heterocycles. The van der Waals surface area contributed by atoms with Crippen molar-refractivity contribution in [2.24, 2.45) is 23.2 Å². The number of rotatable bonds is 6. The summed E-state index contributed by atoms with van der Waals surface area (Å²) in [6.07, 6.45) is 10.1. The summed E-state index contributed by atoms with van der Waals surface area (Å²) in [4.78, 5) is 23.6. The van der Waals surface area contributed by atoms with E-state index >= 15 is 0 Å². The number of aromatic nitrogens is 2. The van der Waals surface area contributed by atoms with E-state index in [1.165, 1.54) is 49.4 Å². The van der Waals surface area contributed by atoms with Crippen LogP contribution in [0.3, 0.4) is 0 Å². The zero-order valence-corrected chi connectivity index (χ0v) is 16.5. The number of hydrogen-bond acceptors (Lipinski definition) is 4. The fourth-order valence-electron chi connectivity index (χ4n) is 6.68. The van der Waals surface area contributed by atoms with Crippen LogP contribution in [0.4, 0.5) is 5.69 Å². The van der Waals surface area contributed by atoms with Gasteiger partial charge < -0.3 is 5.32 Å². The van der Waals surface area contributed by atoms with E-state index in [1.54, 1.807) is 13.8 Å². The molecule has 1 aromatic rings. The van der Waals surface area contributed by atoms with Crippen molar-refractivity contribution in [1.82, 2.24) is 15.1 Å². The molecule has 4 fully saturated rings. The number of carbonyl (C=O) groups is 1. The van der Waals surface area contributed by atoms with Crippen molar-refractivity contribution in [2.75, 3.05) is 0 Å². The van der Waals surface area contributed by atoms with E-state index in [9.17, 15) is 14.9 Å². The molecule has 0 saturated heterocycles. The predicted octanol–water partition coefficient (Wildman–Crippen LogP) is 3.77. The van der Waals surface area contributed by atoms with Gasteiger partial charge in [0.1, 0.15) is 17.9 Å². The SMILES string of the molecule is CCC(NC(=O)C(C)n1ncc([N+](=O)[O-])c1C)C12CC3CC(CC(C3)C1)C2. The van der Waals surface area contributed by atoms with Gasteiger partial charge in [0.25, 0.3) is 0 Å². The highest BCUT2D eigenvalue weighted by Gasteiger charge is 2.54. The summed E-state index contributed by atoms with van der Waals surface area (Å²) in [5.41, 5.74) is 0.637. The number of amides is 1. The molecule has 7 nitrogen and oxygen atoms in total. The van der Waals surface area contributed by atoms with Crippen LogP contribution in [0.2, 0.25) is 0 Å². The molecule has 0 aromatic carbocycles. The van der Waals surface area contributed by atoms with Crippen molar-refractivity contribution in [3.05, 3.63) is 22.0 Å². The molecule has 1 N–H and O–H groups in total. The summed E-state index contributed by atoms with van der Waals surface area (Å²) >= 11 is 0. The molecular formula is C20H30N4O3. The van der Waals surface area contributed by atoms with Crippen molar-refractivity contribution in [1.29, 1.82) is 0 Å². The van der Waals surface area contributed by atoms with Crippen LogP contribution in [0.1, 0.15) is 70.5 Å². The van der Waals surface area contributed by atoms with Gasteiger partial charge in [0.05, 0.1) is 4.92 Å². The summed E-state index contributed by atoms with van der Waals surface area (Å²) in [5.74, 6) is 2.44. The molecule has 4 saturated carbocycles. The zero-order valence-electron chi connectivity index (χ0n) is 16.5. The van der Waals surface area contributed by atoms with E-state index in [0.717, 1.165) is 24.2 Å². The molecule has 2 unspecified atom stereocenters. The van der Waals surface area contributed by atoms with E-state index in [0.29, 0.717) is 5.69 Å². The maximum Gasteiger partial charge on any atom is 0.309 e. The molecule has 1 heterocycles. The molecule has 4 aliphatic rings. The highest BCUT2D eigenvalue weighted by Crippen LogP contribution is 2.61. The lowest BCUT2D eigenvalue weighted by molar-refractivity contribution is -0.385. The van der Waals surface area contributed by atoms with Crippen LogP contribution >= 0.6 is 0 Å². The first-order chi connectivity index (χ1) is 12.8. The van der Waals surface area contributed by atoms with Gasteiger partial charge in [-0.05, 0) is 82.0 Å². The van der Waals surface area contributed by atoms with E-state index in [-0.39, 0.29) is 23.1 Å². The third kappa shape index (κ3) is 3.05. The topological polar surface area (TPSA) is 90.1 Å².